The fraction of sp³-hybridized carbons (Fsp3) is 0.0312. The Morgan fingerprint density at radius 1 is 0.0781 bits per heavy atom. The molecule has 0 fully saturated rings. The second kappa shape index (κ2) is 49.4. The summed E-state index contributed by atoms with van der Waals surface area (Å²) in [6, 6.07) is 0. The lowest BCUT2D eigenvalue weighted by atomic mass is 10.4. The van der Waals surface area contributed by atoms with Crippen molar-refractivity contribution in [3.63, 3.8) is 0 Å². The monoisotopic (exact) mass is 774 g/mol. The predicted octanol–water partition coefficient (Wildman–Crippen LogP) is 1.13. The van der Waals surface area contributed by atoms with Crippen molar-refractivity contribution in [1.29, 1.82) is 0 Å². The fourth-order valence-corrected chi connectivity index (χ4v) is 1.94. The van der Waals surface area contributed by atoms with Crippen LogP contribution < -0.4 is 0 Å². The second-order valence-corrected chi connectivity index (χ2v) is 8.00. The second-order valence-electron chi connectivity index (χ2n) is 8.00. The molecule has 0 radical (unpaired) electrons. The van der Waals surface area contributed by atoms with Crippen LogP contribution in [0.15, 0.2) is 0 Å². The third-order valence-electron chi connectivity index (χ3n) is 3.94. The van der Waals surface area contributed by atoms with Crippen LogP contribution >= 0.6 is 0 Å². The molecule has 0 rings (SSSR count). The standard InChI is InChI=1S/C64H6/c1-3-5-7-9-11-13-15-17-19-21-23-25-27-29-31-33-35-37-39-41-43-45-47-49-51-53-55-57-59-61-63-64-62-60-58-56-54-52-50-48-46-44-42-40-38-36-34-32-30-28-26-24-22-20-18-16-14-12-10-8-6-4-2/h1-2H3. The van der Waals surface area contributed by atoms with Gasteiger partial charge in [-0.25, -0.2) is 0 Å². The zero-order valence-electron chi connectivity index (χ0n) is 33.0. The summed E-state index contributed by atoms with van der Waals surface area (Å²) in [5.74, 6) is 156. The van der Waals surface area contributed by atoms with Crippen LogP contribution in [0.4, 0.5) is 0 Å². The summed E-state index contributed by atoms with van der Waals surface area (Å²) in [6.07, 6.45) is 0. The van der Waals surface area contributed by atoms with Crippen molar-refractivity contribution in [2.45, 2.75) is 13.8 Å². The number of hydrogen-bond donors (Lipinski definition) is 0. The summed E-state index contributed by atoms with van der Waals surface area (Å²) in [5, 5.41) is 0. The Morgan fingerprint density at radius 3 is 0.172 bits per heavy atom. The van der Waals surface area contributed by atoms with Gasteiger partial charge in [0.2, 0.25) is 0 Å². The lowest BCUT2D eigenvalue weighted by molar-refractivity contribution is 1.92. The Bertz CT molecular complexity index is 3820. The van der Waals surface area contributed by atoms with E-state index in [0.29, 0.717) is 0 Å². The molecule has 0 bridgehead atoms. The van der Waals surface area contributed by atoms with Gasteiger partial charge in [0.25, 0.3) is 0 Å². The molecule has 0 atom stereocenters. The zero-order valence-corrected chi connectivity index (χ0v) is 33.0. The van der Waals surface area contributed by atoms with Crippen molar-refractivity contribution in [1.82, 2.24) is 0 Å². The average molecular weight is 775 g/mol. The molecule has 0 heteroatoms. The molecule has 0 heterocycles. The Labute approximate surface area is 379 Å². The van der Waals surface area contributed by atoms with Crippen LogP contribution in [-0.4, -0.2) is 0 Å². The summed E-state index contributed by atoms with van der Waals surface area (Å²) >= 11 is 0. The van der Waals surface area contributed by atoms with Crippen LogP contribution in [0.3, 0.4) is 0 Å². The third-order valence-corrected chi connectivity index (χ3v) is 3.94. The minimum atomic E-state index is 1.69. The van der Waals surface area contributed by atoms with E-state index in [4.69, 9.17) is 0 Å². The van der Waals surface area contributed by atoms with Crippen LogP contribution in [0.1, 0.15) is 13.8 Å². The predicted molar refractivity (Wildman–Crippen MR) is 252 cm³/mol. The van der Waals surface area contributed by atoms with Gasteiger partial charge in [-0.1, -0.05) is 11.8 Å². The first-order valence-corrected chi connectivity index (χ1v) is 16.2. The topological polar surface area (TPSA) is 0 Å². The molecule has 0 aliphatic heterocycles. The molecule has 0 saturated carbocycles. The van der Waals surface area contributed by atoms with E-state index in [1.165, 1.54) is 0 Å². The van der Waals surface area contributed by atoms with E-state index in [9.17, 15) is 0 Å². The molecule has 0 spiro atoms. The molecule has 262 valence electrons. The first-order valence-electron chi connectivity index (χ1n) is 16.2. The van der Waals surface area contributed by atoms with Crippen LogP contribution in [0.25, 0.3) is 0 Å². The molecule has 0 N–H and O–H groups in total. The summed E-state index contributed by atoms with van der Waals surface area (Å²) in [6.45, 7) is 3.37. The van der Waals surface area contributed by atoms with E-state index in [2.05, 4.69) is 367 Å². The fourth-order valence-electron chi connectivity index (χ4n) is 1.94. The van der Waals surface area contributed by atoms with E-state index in [1.54, 1.807) is 13.8 Å². The van der Waals surface area contributed by atoms with E-state index < -0.39 is 0 Å². The largest absolute Gasteiger partial charge is 0.0925 e. The summed E-state index contributed by atoms with van der Waals surface area (Å²) in [7, 11) is 0. The Kier molecular flexibility index (Phi) is 38.8. The lowest BCUT2D eigenvalue weighted by Gasteiger charge is -1.57. The number of hydrogen-bond acceptors (Lipinski definition) is 0. The molecule has 0 amide bonds. The molecule has 0 aliphatic rings. The minimum absolute atomic E-state index is 1.69. The minimum Gasteiger partial charge on any atom is -0.0925 e. The maximum atomic E-state index is 2.63. The molecule has 0 aliphatic carbocycles. The van der Waals surface area contributed by atoms with Gasteiger partial charge >= 0.3 is 0 Å². The highest BCUT2D eigenvalue weighted by atomic mass is 13.6. The van der Waals surface area contributed by atoms with Crippen LogP contribution in [-0.2, 0) is 0 Å². The van der Waals surface area contributed by atoms with Gasteiger partial charge in [0.1, 0.15) is 0 Å². The van der Waals surface area contributed by atoms with Gasteiger partial charge in [0.15, 0.2) is 0 Å². The van der Waals surface area contributed by atoms with Gasteiger partial charge in [0.05, 0.1) is 0 Å². The molecule has 0 aromatic carbocycles. The molecule has 0 nitrogen and oxygen atoms in total. The molecule has 0 aromatic rings. The molecule has 0 unspecified atom stereocenters. The SMILES string of the molecule is CC#CC#CC#CC#CC#CC#CC#CC#CC#CC#CC#CC#CC#CC#CC#CC#CC#CC#CC#CC#CC#CC#CC#CC#CC#CC#CC#CC#CC#CC#CC#CC. The van der Waals surface area contributed by atoms with Gasteiger partial charge in [0, 0.05) is 260 Å². The zero-order chi connectivity index (χ0) is 45.8. The maximum Gasteiger partial charge on any atom is 0 e. The van der Waals surface area contributed by atoms with Crippen LogP contribution in [0.5, 0.6) is 0 Å². The van der Waals surface area contributed by atoms with Crippen molar-refractivity contribution >= 4 is 0 Å². The summed E-state index contributed by atoms with van der Waals surface area (Å²) in [4.78, 5) is 0. The first kappa shape index (κ1) is 50.4. The first-order chi connectivity index (χ1) is 31.9. The van der Waals surface area contributed by atoms with Crippen molar-refractivity contribution in [3.05, 3.63) is 0 Å². The number of rotatable bonds is 0. The molecular formula is C64H6. The maximum absolute atomic E-state index is 2.63. The van der Waals surface area contributed by atoms with Gasteiger partial charge < -0.3 is 0 Å². The highest BCUT2D eigenvalue weighted by Crippen LogP contribution is 1.63. The highest BCUT2D eigenvalue weighted by molar-refractivity contribution is 5.52. The van der Waals surface area contributed by atoms with Gasteiger partial charge in [-0.3, -0.25) is 0 Å². The molecule has 0 aromatic heterocycles. The third kappa shape index (κ3) is 48.4. The Morgan fingerprint density at radius 2 is 0.125 bits per heavy atom. The van der Waals surface area contributed by atoms with Gasteiger partial charge in [-0.15, -0.1) is 0 Å². The quantitative estimate of drug-likeness (QED) is 0.325. The molecular weight excluding hydrogens is 769 g/mol. The lowest BCUT2D eigenvalue weighted by Crippen LogP contribution is -1.57. The summed E-state index contributed by atoms with van der Waals surface area (Å²) in [5.41, 5.74) is 0. The Balaban J connectivity index is 4.59. The molecule has 64 heavy (non-hydrogen) atoms. The van der Waals surface area contributed by atoms with E-state index in [0.717, 1.165) is 0 Å². The molecule has 0 saturated heterocycles. The van der Waals surface area contributed by atoms with Crippen molar-refractivity contribution in [3.8, 4) is 367 Å². The van der Waals surface area contributed by atoms with Crippen LogP contribution in [0, 0.1) is 367 Å². The van der Waals surface area contributed by atoms with Crippen molar-refractivity contribution < 1.29 is 0 Å². The van der Waals surface area contributed by atoms with Crippen molar-refractivity contribution in [2.24, 2.45) is 0 Å². The van der Waals surface area contributed by atoms with E-state index >= 15 is 0 Å². The summed E-state index contributed by atoms with van der Waals surface area (Å²) < 4.78 is 0. The average Bonchev–Trinajstić information content (AvgIpc) is 3.31. The van der Waals surface area contributed by atoms with E-state index in [1.807, 2.05) is 0 Å². The van der Waals surface area contributed by atoms with Gasteiger partial charge in [-0.2, -0.15) is 0 Å². The normalized spacial score (nSPS) is 3.97. The van der Waals surface area contributed by atoms with Crippen molar-refractivity contribution in [2.75, 3.05) is 0 Å². The smallest absolute Gasteiger partial charge is 0 e. The Hall–Kier alpha value is -13.6. The van der Waals surface area contributed by atoms with Crippen LogP contribution in [0.2, 0.25) is 0 Å². The van der Waals surface area contributed by atoms with Gasteiger partial charge in [-0.05, 0) is 109 Å². The highest BCUT2D eigenvalue weighted by Gasteiger charge is 1.63. The van der Waals surface area contributed by atoms with E-state index in [-0.39, 0.29) is 0 Å².